The van der Waals surface area contributed by atoms with Gasteiger partial charge >= 0.3 is 12.1 Å². The maximum Gasteiger partial charge on any atom is 0.416 e. The number of alkyl halides is 3. The van der Waals surface area contributed by atoms with Gasteiger partial charge in [0.25, 0.3) is 0 Å². The van der Waals surface area contributed by atoms with Crippen molar-refractivity contribution in [1.82, 2.24) is 9.97 Å². The monoisotopic (exact) mass is 444 g/mol. The van der Waals surface area contributed by atoms with E-state index in [1.807, 2.05) is 0 Å². The van der Waals surface area contributed by atoms with E-state index in [0.717, 1.165) is 23.0 Å². The first-order chi connectivity index (χ1) is 15.1. The number of halogens is 3. The molecule has 0 aliphatic carbocycles. The number of fused-ring (bicyclic) bond motifs is 1. The van der Waals surface area contributed by atoms with Crippen molar-refractivity contribution in [2.75, 3.05) is 0 Å². The molecule has 1 unspecified atom stereocenters. The fourth-order valence-corrected chi connectivity index (χ4v) is 3.34. The van der Waals surface area contributed by atoms with E-state index in [1.54, 1.807) is 38.2 Å². The number of aromatic amines is 1. The van der Waals surface area contributed by atoms with Crippen molar-refractivity contribution < 1.29 is 32.2 Å². The number of benzene rings is 2. The molecule has 0 saturated heterocycles. The van der Waals surface area contributed by atoms with Crippen LogP contribution in [-0.2, 0) is 17.6 Å². The summed E-state index contributed by atoms with van der Waals surface area (Å²) in [6.45, 7) is 3.39. The van der Waals surface area contributed by atoms with Crippen LogP contribution in [0.5, 0.6) is 5.75 Å². The maximum atomic E-state index is 12.8. The van der Waals surface area contributed by atoms with Crippen LogP contribution in [0, 0.1) is 6.92 Å². The molecule has 0 spiro atoms. The number of aromatic nitrogens is 2. The van der Waals surface area contributed by atoms with E-state index in [1.165, 1.54) is 12.1 Å². The molecular formula is C23H19F3N2O4. The van der Waals surface area contributed by atoms with Crippen LogP contribution in [0.4, 0.5) is 13.2 Å². The first kappa shape index (κ1) is 21.5. The van der Waals surface area contributed by atoms with Crippen LogP contribution in [0.15, 0.2) is 53.1 Å². The third-order valence-corrected chi connectivity index (χ3v) is 5.24. The van der Waals surface area contributed by atoms with E-state index < -0.39 is 23.6 Å². The summed E-state index contributed by atoms with van der Waals surface area (Å²) < 4.78 is 49.8. The molecule has 4 aromatic rings. The Balaban J connectivity index is 1.52. The first-order valence-corrected chi connectivity index (χ1v) is 9.74. The van der Waals surface area contributed by atoms with Gasteiger partial charge in [0, 0.05) is 22.7 Å². The van der Waals surface area contributed by atoms with Gasteiger partial charge in [-0.25, -0.2) is 4.98 Å². The number of hydrogen-bond acceptors (Lipinski definition) is 4. The van der Waals surface area contributed by atoms with Crippen molar-refractivity contribution in [3.05, 3.63) is 71.2 Å². The van der Waals surface area contributed by atoms with E-state index in [4.69, 9.17) is 9.15 Å². The molecule has 2 heterocycles. The third-order valence-electron chi connectivity index (χ3n) is 5.24. The second-order valence-electron chi connectivity index (χ2n) is 7.40. The Morgan fingerprint density at radius 2 is 1.94 bits per heavy atom. The number of nitrogens with one attached hydrogen (secondary N) is 1. The van der Waals surface area contributed by atoms with Crippen LogP contribution in [0.1, 0.15) is 35.4 Å². The van der Waals surface area contributed by atoms with Gasteiger partial charge in [-0.3, -0.25) is 4.79 Å². The molecule has 2 aromatic heterocycles. The predicted molar refractivity (Wildman–Crippen MR) is 110 cm³/mol. The average Bonchev–Trinajstić information content (AvgIpc) is 3.34. The highest BCUT2D eigenvalue weighted by molar-refractivity contribution is 5.90. The van der Waals surface area contributed by atoms with Crippen LogP contribution in [0.25, 0.3) is 22.4 Å². The second-order valence-corrected chi connectivity index (χ2v) is 7.40. The molecule has 0 amide bonds. The fraction of sp³-hybridized carbons (Fsp3) is 0.217. The molecule has 166 valence electrons. The maximum absolute atomic E-state index is 12.8. The Labute approximate surface area is 180 Å². The zero-order chi connectivity index (χ0) is 23.0. The summed E-state index contributed by atoms with van der Waals surface area (Å²) in [6, 6.07) is 9.87. The van der Waals surface area contributed by atoms with Gasteiger partial charge in [-0.05, 0) is 61.9 Å². The van der Waals surface area contributed by atoms with Crippen molar-refractivity contribution in [3.8, 4) is 17.2 Å². The lowest BCUT2D eigenvalue weighted by molar-refractivity contribution is -0.138. The predicted octanol–water partition coefficient (Wildman–Crippen LogP) is 5.92. The van der Waals surface area contributed by atoms with E-state index in [9.17, 15) is 23.1 Å². The van der Waals surface area contributed by atoms with Crippen LogP contribution >= 0.6 is 0 Å². The van der Waals surface area contributed by atoms with Gasteiger partial charge in [-0.15, -0.1) is 0 Å². The summed E-state index contributed by atoms with van der Waals surface area (Å²) in [6.07, 6.45) is -2.74. The van der Waals surface area contributed by atoms with Gasteiger partial charge in [0.1, 0.15) is 12.4 Å². The van der Waals surface area contributed by atoms with E-state index >= 15 is 0 Å². The number of oxazole rings is 1. The van der Waals surface area contributed by atoms with Gasteiger partial charge in [-0.2, -0.15) is 13.2 Å². The average molecular weight is 444 g/mol. The van der Waals surface area contributed by atoms with E-state index in [-0.39, 0.29) is 12.5 Å². The largest absolute Gasteiger partial charge is 0.486 e. The second kappa shape index (κ2) is 8.07. The molecule has 0 bridgehead atoms. The molecule has 4 rings (SSSR count). The molecule has 0 fully saturated rings. The van der Waals surface area contributed by atoms with Crippen LogP contribution in [-0.4, -0.2) is 21.0 Å². The molecule has 32 heavy (non-hydrogen) atoms. The molecule has 0 aliphatic rings. The Hall–Kier alpha value is -3.75. The Bertz CT molecular complexity index is 1270. The van der Waals surface area contributed by atoms with Crippen LogP contribution < -0.4 is 4.74 Å². The summed E-state index contributed by atoms with van der Waals surface area (Å²) in [7, 11) is 0. The van der Waals surface area contributed by atoms with Gasteiger partial charge < -0.3 is 19.2 Å². The Kier molecular flexibility index (Phi) is 5.41. The minimum atomic E-state index is -4.41. The minimum Gasteiger partial charge on any atom is -0.486 e. The highest BCUT2D eigenvalue weighted by Crippen LogP contribution is 2.32. The summed E-state index contributed by atoms with van der Waals surface area (Å²) in [5, 5.41) is 10.0. The lowest BCUT2D eigenvalue weighted by atomic mass is 10.0. The summed E-state index contributed by atoms with van der Waals surface area (Å²) in [5.74, 6) is -0.448. The van der Waals surface area contributed by atoms with Crippen molar-refractivity contribution in [3.63, 3.8) is 0 Å². The highest BCUT2D eigenvalue weighted by atomic mass is 19.4. The number of carbonyl (C=O) groups is 1. The smallest absolute Gasteiger partial charge is 0.416 e. The molecule has 0 radical (unpaired) electrons. The lowest BCUT2D eigenvalue weighted by Crippen LogP contribution is -2.06. The lowest BCUT2D eigenvalue weighted by Gasteiger charge is -2.07. The van der Waals surface area contributed by atoms with Gasteiger partial charge in [0.15, 0.2) is 5.76 Å². The molecule has 0 saturated carbocycles. The van der Waals surface area contributed by atoms with Gasteiger partial charge in [0.2, 0.25) is 5.89 Å². The Morgan fingerprint density at radius 1 is 1.22 bits per heavy atom. The zero-order valence-electron chi connectivity index (χ0n) is 17.2. The molecular weight excluding hydrogens is 425 g/mol. The number of H-pyrrole nitrogens is 1. The molecule has 6 nitrogen and oxygen atoms in total. The normalized spacial score (nSPS) is 12.8. The zero-order valence-corrected chi connectivity index (χ0v) is 17.2. The summed E-state index contributed by atoms with van der Waals surface area (Å²) >= 11 is 0. The standard InChI is InChI=1S/C23H19F3N2O4/c1-12(22(29)30)18-10-27-19-8-7-16(9-17(18)19)31-11-20-13(2)28-21(32-20)14-3-5-15(6-4-14)23(24,25)26/h3-10,12,27H,11H2,1-2H3,(H,29,30). The molecule has 9 heteroatoms. The van der Waals surface area contributed by atoms with E-state index in [2.05, 4.69) is 9.97 Å². The van der Waals surface area contributed by atoms with Crippen molar-refractivity contribution in [1.29, 1.82) is 0 Å². The number of nitrogens with zero attached hydrogens (tertiary/aromatic N) is 1. The minimum absolute atomic E-state index is 0.0548. The molecule has 0 aliphatic heterocycles. The van der Waals surface area contributed by atoms with Crippen LogP contribution in [0.2, 0.25) is 0 Å². The quantitative estimate of drug-likeness (QED) is 0.386. The van der Waals surface area contributed by atoms with Crippen molar-refractivity contribution >= 4 is 16.9 Å². The number of ether oxygens (including phenoxy) is 1. The number of aliphatic carboxylic acids is 1. The molecule has 2 N–H and O–H groups in total. The van der Waals surface area contributed by atoms with Crippen molar-refractivity contribution in [2.45, 2.75) is 32.5 Å². The van der Waals surface area contributed by atoms with Gasteiger partial charge in [-0.1, -0.05) is 0 Å². The number of hydrogen-bond donors (Lipinski definition) is 2. The van der Waals surface area contributed by atoms with Crippen LogP contribution in [0.3, 0.4) is 0 Å². The molecule has 1 atom stereocenters. The van der Waals surface area contributed by atoms with Crippen molar-refractivity contribution in [2.24, 2.45) is 0 Å². The fourth-order valence-electron chi connectivity index (χ4n) is 3.34. The number of aryl methyl sites for hydroxylation is 1. The molecule has 2 aromatic carbocycles. The first-order valence-electron chi connectivity index (χ1n) is 9.74. The third kappa shape index (κ3) is 4.18. The highest BCUT2D eigenvalue weighted by Gasteiger charge is 2.30. The number of rotatable bonds is 6. The Morgan fingerprint density at radius 3 is 2.59 bits per heavy atom. The summed E-state index contributed by atoms with van der Waals surface area (Å²) in [5.41, 5.74) is 1.68. The van der Waals surface area contributed by atoms with Gasteiger partial charge in [0.05, 0.1) is 17.2 Å². The summed E-state index contributed by atoms with van der Waals surface area (Å²) in [4.78, 5) is 18.7. The van der Waals surface area contributed by atoms with E-state index in [0.29, 0.717) is 28.3 Å². The SMILES string of the molecule is Cc1nc(-c2ccc(C(F)(F)F)cc2)oc1COc1ccc2[nH]cc(C(C)C(=O)O)c2c1. The topological polar surface area (TPSA) is 88.4 Å². The number of carboxylic acid groups (broad SMARTS) is 1. The number of carboxylic acids is 1.